The summed E-state index contributed by atoms with van der Waals surface area (Å²) in [4.78, 5) is 19.5. The molecule has 1 unspecified atom stereocenters. The van der Waals surface area contributed by atoms with E-state index in [4.69, 9.17) is 9.63 Å². The number of benzene rings is 1. The van der Waals surface area contributed by atoms with Crippen molar-refractivity contribution in [3.05, 3.63) is 35.7 Å². The highest BCUT2D eigenvalue weighted by molar-refractivity contribution is 5.69. The molecule has 0 saturated carbocycles. The van der Waals surface area contributed by atoms with Crippen LogP contribution in [0.1, 0.15) is 24.4 Å². The normalized spacial score (nSPS) is 17.8. The fourth-order valence-electron chi connectivity index (χ4n) is 2.88. The molecule has 24 heavy (non-hydrogen) atoms. The number of aryl methyl sites for hydroxylation is 1. The third kappa shape index (κ3) is 3.80. The molecule has 7 nitrogen and oxygen atoms in total. The van der Waals surface area contributed by atoms with Gasteiger partial charge in [-0.25, -0.2) is 0 Å². The molecule has 1 aliphatic heterocycles. The summed E-state index contributed by atoms with van der Waals surface area (Å²) in [6.07, 6.45) is 0. The highest BCUT2D eigenvalue weighted by Crippen LogP contribution is 2.23. The highest BCUT2D eigenvalue weighted by atomic mass is 16.5. The third-order valence-corrected chi connectivity index (χ3v) is 4.42. The number of carbonyl (C=O) groups is 1. The molecule has 7 heteroatoms. The average Bonchev–Trinajstić information content (AvgIpc) is 3.05. The maximum atomic E-state index is 10.8. The van der Waals surface area contributed by atoms with E-state index in [9.17, 15) is 4.79 Å². The number of nitrogens with zero attached hydrogens (tertiary/aromatic N) is 4. The molecule has 2 aromatic rings. The molecule has 1 aromatic carbocycles. The van der Waals surface area contributed by atoms with Gasteiger partial charge in [-0.05, 0) is 13.8 Å². The number of piperazine rings is 1. The first-order valence-corrected chi connectivity index (χ1v) is 8.12. The van der Waals surface area contributed by atoms with Crippen molar-refractivity contribution in [1.29, 1.82) is 0 Å². The van der Waals surface area contributed by atoms with Crippen LogP contribution in [-0.2, 0) is 4.79 Å². The Labute approximate surface area is 140 Å². The van der Waals surface area contributed by atoms with Gasteiger partial charge in [-0.3, -0.25) is 14.6 Å². The molecule has 128 valence electrons. The van der Waals surface area contributed by atoms with E-state index in [0.29, 0.717) is 11.7 Å². The fraction of sp³-hybridized carbons (Fsp3) is 0.471. The van der Waals surface area contributed by atoms with Crippen molar-refractivity contribution < 1.29 is 14.4 Å². The second-order valence-corrected chi connectivity index (χ2v) is 6.20. The first kappa shape index (κ1) is 16.6. The van der Waals surface area contributed by atoms with E-state index < -0.39 is 5.97 Å². The van der Waals surface area contributed by atoms with Crippen molar-refractivity contribution in [2.45, 2.75) is 19.9 Å². The molecule has 2 heterocycles. The molecular weight excluding hydrogens is 308 g/mol. The lowest BCUT2D eigenvalue weighted by Crippen LogP contribution is -2.48. The van der Waals surface area contributed by atoms with Gasteiger partial charge in [0.1, 0.15) is 0 Å². The SMILES string of the molecule is Cc1ccc(-c2noc(C(C)N3CCN(CC(=O)O)CC3)n2)cc1. The minimum absolute atomic E-state index is 0.0173. The van der Waals surface area contributed by atoms with Gasteiger partial charge in [0.25, 0.3) is 0 Å². The van der Waals surface area contributed by atoms with Crippen LogP contribution in [0.15, 0.2) is 28.8 Å². The van der Waals surface area contributed by atoms with Crippen molar-refractivity contribution in [1.82, 2.24) is 19.9 Å². The zero-order chi connectivity index (χ0) is 17.1. The van der Waals surface area contributed by atoms with Gasteiger partial charge in [-0.15, -0.1) is 0 Å². The van der Waals surface area contributed by atoms with Crippen LogP contribution in [0.2, 0.25) is 0 Å². The molecule has 1 aromatic heterocycles. The molecule has 1 fully saturated rings. The van der Waals surface area contributed by atoms with E-state index in [2.05, 4.69) is 15.0 Å². The van der Waals surface area contributed by atoms with Gasteiger partial charge in [0.15, 0.2) is 0 Å². The molecule has 1 saturated heterocycles. The summed E-state index contributed by atoms with van der Waals surface area (Å²) in [6, 6.07) is 8.04. The lowest BCUT2D eigenvalue weighted by molar-refractivity contribution is -0.138. The lowest BCUT2D eigenvalue weighted by atomic mass is 10.1. The topological polar surface area (TPSA) is 82.7 Å². The molecule has 0 bridgehead atoms. The largest absolute Gasteiger partial charge is 0.480 e. The minimum atomic E-state index is -0.781. The summed E-state index contributed by atoms with van der Waals surface area (Å²) >= 11 is 0. The van der Waals surface area contributed by atoms with E-state index in [-0.39, 0.29) is 12.6 Å². The number of aliphatic carboxylic acids is 1. The van der Waals surface area contributed by atoms with Gasteiger partial charge in [0, 0.05) is 31.7 Å². The lowest BCUT2D eigenvalue weighted by Gasteiger charge is -2.35. The predicted octanol–water partition coefficient (Wildman–Crippen LogP) is 1.81. The maximum Gasteiger partial charge on any atom is 0.317 e. The summed E-state index contributed by atoms with van der Waals surface area (Å²) < 4.78 is 5.45. The summed E-state index contributed by atoms with van der Waals surface area (Å²) in [7, 11) is 0. The highest BCUT2D eigenvalue weighted by Gasteiger charge is 2.26. The number of carboxylic acids is 1. The van der Waals surface area contributed by atoms with Crippen LogP contribution in [0.3, 0.4) is 0 Å². The van der Waals surface area contributed by atoms with Crippen LogP contribution in [0.4, 0.5) is 0 Å². The zero-order valence-electron chi connectivity index (χ0n) is 14.0. The quantitative estimate of drug-likeness (QED) is 0.895. The van der Waals surface area contributed by atoms with E-state index in [0.717, 1.165) is 31.7 Å². The number of hydrogen-bond donors (Lipinski definition) is 1. The van der Waals surface area contributed by atoms with E-state index in [1.54, 1.807) is 0 Å². The van der Waals surface area contributed by atoms with Crippen LogP contribution in [-0.4, -0.2) is 63.7 Å². The number of rotatable bonds is 5. The first-order chi connectivity index (χ1) is 11.5. The van der Waals surface area contributed by atoms with Crippen molar-refractivity contribution >= 4 is 5.97 Å². The molecular formula is C17H22N4O3. The van der Waals surface area contributed by atoms with Gasteiger partial charge < -0.3 is 9.63 Å². The monoisotopic (exact) mass is 330 g/mol. The van der Waals surface area contributed by atoms with Gasteiger partial charge in [-0.2, -0.15) is 4.98 Å². The molecule has 0 amide bonds. The number of hydrogen-bond acceptors (Lipinski definition) is 6. The van der Waals surface area contributed by atoms with Gasteiger partial charge in [0.2, 0.25) is 11.7 Å². The van der Waals surface area contributed by atoms with Crippen LogP contribution in [0.5, 0.6) is 0 Å². The second-order valence-electron chi connectivity index (χ2n) is 6.20. The maximum absolute atomic E-state index is 10.8. The Kier molecular flexibility index (Phi) is 4.92. The van der Waals surface area contributed by atoms with Crippen molar-refractivity contribution in [2.24, 2.45) is 0 Å². The number of carboxylic acid groups (broad SMARTS) is 1. The Bertz CT molecular complexity index is 690. The van der Waals surface area contributed by atoms with Gasteiger partial charge >= 0.3 is 5.97 Å². The molecule has 3 rings (SSSR count). The molecule has 1 N–H and O–H groups in total. The zero-order valence-corrected chi connectivity index (χ0v) is 14.0. The van der Waals surface area contributed by atoms with E-state index in [1.165, 1.54) is 5.56 Å². The average molecular weight is 330 g/mol. The molecule has 1 atom stereocenters. The Hall–Kier alpha value is -2.25. The second kappa shape index (κ2) is 7.11. The third-order valence-electron chi connectivity index (χ3n) is 4.42. The van der Waals surface area contributed by atoms with Crippen molar-refractivity contribution in [3.63, 3.8) is 0 Å². The van der Waals surface area contributed by atoms with Crippen LogP contribution >= 0.6 is 0 Å². The summed E-state index contributed by atoms with van der Waals surface area (Å²) in [5.41, 5.74) is 2.13. The van der Waals surface area contributed by atoms with Gasteiger partial charge in [0.05, 0.1) is 12.6 Å². The van der Waals surface area contributed by atoms with E-state index >= 15 is 0 Å². The van der Waals surface area contributed by atoms with Crippen molar-refractivity contribution in [2.75, 3.05) is 32.7 Å². The minimum Gasteiger partial charge on any atom is -0.480 e. The Morgan fingerprint density at radius 3 is 2.54 bits per heavy atom. The van der Waals surface area contributed by atoms with Crippen molar-refractivity contribution in [3.8, 4) is 11.4 Å². The van der Waals surface area contributed by atoms with Gasteiger partial charge in [-0.1, -0.05) is 35.0 Å². The molecule has 1 aliphatic rings. The molecule has 0 aliphatic carbocycles. The van der Waals surface area contributed by atoms with Crippen LogP contribution in [0.25, 0.3) is 11.4 Å². The Morgan fingerprint density at radius 2 is 1.92 bits per heavy atom. The van der Waals surface area contributed by atoms with E-state index in [1.807, 2.05) is 43.0 Å². The summed E-state index contributed by atoms with van der Waals surface area (Å²) in [5.74, 6) is 0.412. The molecule has 0 spiro atoms. The number of aromatic nitrogens is 2. The summed E-state index contributed by atoms with van der Waals surface area (Å²) in [5, 5.41) is 12.9. The Morgan fingerprint density at radius 1 is 1.25 bits per heavy atom. The fourth-order valence-corrected chi connectivity index (χ4v) is 2.88. The Balaban J connectivity index is 1.63. The summed E-state index contributed by atoms with van der Waals surface area (Å²) in [6.45, 7) is 7.22. The van der Waals surface area contributed by atoms with Crippen LogP contribution in [0, 0.1) is 6.92 Å². The predicted molar refractivity (Wildman–Crippen MR) is 88.5 cm³/mol. The van der Waals surface area contributed by atoms with Crippen LogP contribution < -0.4 is 0 Å². The molecule has 0 radical (unpaired) electrons. The standard InChI is InChI=1S/C17H22N4O3/c1-12-3-5-14(6-4-12)16-18-17(24-19-16)13(2)21-9-7-20(8-10-21)11-15(22)23/h3-6,13H,7-11H2,1-2H3,(H,22,23). The smallest absolute Gasteiger partial charge is 0.317 e. The first-order valence-electron chi connectivity index (χ1n) is 8.12.